The SMILES string of the molecule is COc1ccc(C)cc1CN(C)CC(=O)N1CCNC(=O)C1. The lowest BCUT2D eigenvalue weighted by molar-refractivity contribution is -0.138. The summed E-state index contributed by atoms with van der Waals surface area (Å²) in [6.07, 6.45) is 0. The summed E-state index contributed by atoms with van der Waals surface area (Å²) in [5.74, 6) is 0.703. The predicted octanol–water partition coefficient (Wildman–Crippen LogP) is 0.394. The fourth-order valence-electron chi connectivity index (χ4n) is 2.56. The first kappa shape index (κ1) is 16.3. The number of carbonyl (C=O) groups is 2. The molecule has 0 bridgehead atoms. The Bertz CT molecular complexity index is 560. The number of aryl methyl sites for hydroxylation is 1. The number of piperazine rings is 1. The zero-order valence-electron chi connectivity index (χ0n) is 13.4. The third-order valence-corrected chi connectivity index (χ3v) is 3.67. The number of likely N-dealkylation sites (N-methyl/N-ethyl adjacent to an activating group) is 1. The van der Waals surface area contributed by atoms with Crippen molar-refractivity contribution < 1.29 is 14.3 Å². The first-order chi connectivity index (χ1) is 10.5. The van der Waals surface area contributed by atoms with Gasteiger partial charge in [-0.25, -0.2) is 0 Å². The Balaban J connectivity index is 1.95. The maximum atomic E-state index is 12.2. The van der Waals surface area contributed by atoms with Crippen LogP contribution in [0.15, 0.2) is 18.2 Å². The number of benzene rings is 1. The topological polar surface area (TPSA) is 61.9 Å². The minimum atomic E-state index is -0.0948. The van der Waals surface area contributed by atoms with Gasteiger partial charge in [0.2, 0.25) is 11.8 Å². The van der Waals surface area contributed by atoms with Crippen LogP contribution in [0.5, 0.6) is 5.75 Å². The predicted molar refractivity (Wildman–Crippen MR) is 83.7 cm³/mol. The molecule has 1 aliphatic rings. The van der Waals surface area contributed by atoms with E-state index in [1.54, 1.807) is 12.0 Å². The molecule has 1 saturated heterocycles. The maximum Gasteiger partial charge on any atom is 0.239 e. The zero-order valence-corrected chi connectivity index (χ0v) is 13.4. The van der Waals surface area contributed by atoms with Crippen molar-refractivity contribution in [3.05, 3.63) is 29.3 Å². The molecule has 0 spiro atoms. The third kappa shape index (κ3) is 4.21. The van der Waals surface area contributed by atoms with Crippen molar-refractivity contribution in [3.8, 4) is 5.75 Å². The van der Waals surface area contributed by atoms with Crippen molar-refractivity contribution in [1.29, 1.82) is 0 Å². The molecule has 2 amide bonds. The first-order valence-electron chi connectivity index (χ1n) is 7.36. The molecule has 1 heterocycles. The molecule has 1 aromatic rings. The Hall–Kier alpha value is -2.08. The van der Waals surface area contributed by atoms with E-state index >= 15 is 0 Å². The van der Waals surface area contributed by atoms with E-state index in [1.807, 2.05) is 31.0 Å². The minimum absolute atomic E-state index is 0.0241. The highest BCUT2D eigenvalue weighted by molar-refractivity contribution is 5.86. The van der Waals surface area contributed by atoms with E-state index in [2.05, 4.69) is 11.4 Å². The number of hydrogen-bond donors (Lipinski definition) is 1. The molecule has 1 aromatic carbocycles. The molecule has 120 valence electrons. The normalized spacial score (nSPS) is 14.9. The smallest absolute Gasteiger partial charge is 0.239 e. The third-order valence-electron chi connectivity index (χ3n) is 3.67. The molecule has 6 nitrogen and oxygen atoms in total. The molecule has 0 radical (unpaired) electrons. The zero-order chi connectivity index (χ0) is 16.1. The van der Waals surface area contributed by atoms with Gasteiger partial charge in [0.25, 0.3) is 0 Å². The van der Waals surface area contributed by atoms with Gasteiger partial charge < -0.3 is 15.0 Å². The fraction of sp³-hybridized carbons (Fsp3) is 0.500. The van der Waals surface area contributed by atoms with Gasteiger partial charge in [0, 0.05) is 25.2 Å². The van der Waals surface area contributed by atoms with Gasteiger partial charge in [-0.1, -0.05) is 17.7 Å². The average molecular weight is 305 g/mol. The van der Waals surface area contributed by atoms with Gasteiger partial charge in [0.15, 0.2) is 0 Å². The Labute approximate surface area is 131 Å². The van der Waals surface area contributed by atoms with E-state index in [-0.39, 0.29) is 24.9 Å². The summed E-state index contributed by atoms with van der Waals surface area (Å²) in [4.78, 5) is 27.1. The minimum Gasteiger partial charge on any atom is -0.496 e. The second kappa shape index (κ2) is 7.26. The van der Waals surface area contributed by atoms with E-state index in [4.69, 9.17) is 4.74 Å². The lowest BCUT2D eigenvalue weighted by Crippen LogP contribution is -2.52. The van der Waals surface area contributed by atoms with Crippen LogP contribution in [0, 0.1) is 6.92 Å². The van der Waals surface area contributed by atoms with E-state index in [9.17, 15) is 9.59 Å². The van der Waals surface area contributed by atoms with E-state index in [0.29, 0.717) is 19.6 Å². The monoisotopic (exact) mass is 305 g/mol. The second-order valence-electron chi connectivity index (χ2n) is 5.65. The number of nitrogens with zero attached hydrogens (tertiary/aromatic N) is 2. The number of carbonyl (C=O) groups excluding carboxylic acids is 2. The van der Waals surface area contributed by atoms with Gasteiger partial charge in [0.05, 0.1) is 20.2 Å². The van der Waals surface area contributed by atoms with Crippen molar-refractivity contribution in [2.75, 3.05) is 40.3 Å². The summed E-state index contributed by atoms with van der Waals surface area (Å²) in [5.41, 5.74) is 2.21. The Kier molecular flexibility index (Phi) is 5.38. The second-order valence-corrected chi connectivity index (χ2v) is 5.65. The average Bonchev–Trinajstić information content (AvgIpc) is 2.47. The number of nitrogens with one attached hydrogen (secondary N) is 1. The lowest BCUT2D eigenvalue weighted by atomic mass is 10.1. The molecule has 0 aliphatic carbocycles. The highest BCUT2D eigenvalue weighted by atomic mass is 16.5. The van der Waals surface area contributed by atoms with Crippen molar-refractivity contribution in [1.82, 2.24) is 15.1 Å². The van der Waals surface area contributed by atoms with Crippen molar-refractivity contribution in [2.45, 2.75) is 13.5 Å². The van der Waals surface area contributed by atoms with Gasteiger partial charge in [-0.05, 0) is 20.0 Å². The lowest BCUT2D eigenvalue weighted by Gasteiger charge is -2.28. The van der Waals surface area contributed by atoms with Crippen LogP contribution < -0.4 is 10.1 Å². The van der Waals surface area contributed by atoms with Crippen molar-refractivity contribution in [3.63, 3.8) is 0 Å². The molecule has 1 N–H and O–H groups in total. The van der Waals surface area contributed by atoms with Crippen LogP contribution >= 0.6 is 0 Å². The maximum absolute atomic E-state index is 12.2. The van der Waals surface area contributed by atoms with Gasteiger partial charge in [0.1, 0.15) is 5.75 Å². The molecule has 0 saturated carbocycles. The van der Waals surface area contributed by atoms with Gasteiger partial charge in [-0.15, -0.1) is 0 Å². The molecular weight excluding hydrogens is 282 g/mol. The van der Waals surface area contributed by atoms with Crippen LogP contribution in [0.25, 0.3) is 0 Å². The number of methoxy groups -OCH3 is 1. The summed E-state index contributed by atoms with van der Waals surface area (Å²) in [6, 6.07) is 6.00. The van der Waals surface area contributed by atoms with Crippen LogP contribution in [-0.2, 0) is 16.1 Å². The van der Waals surface area contributed by atoms with Crippen LogP contribution in [0.3, 0.4) is 0 Å². The molecule has 6 heteroatoms. The van der Waals surface area contributed by atoms with E-state index in [1.165, 1.54) is 0 Å². The van der Waals surface area contributed by atoms with Gasteiger partial charge in [-0.3, -0.25) is 14.5 Å². The molecule has 1 aliphatic heterocycles. The highest BCUT2D eigenvalue weighted by Crippen LogP contribution is 2.20. The summed E-state index contributed by atoms with van der Waals surface area (Å²) in [7, 11) is 3.54. The van der Waals surface area contributed by atoms with Crippen LogP contribution in [0.1, 0.15) is 11.1 Å². The molecule has 0 aromatic heterocycles. The van der Waals surface area contributed by atoms with E-state index < -0.39 is 0 Å². The van der Waals surface area contributed by atoms with E-state index in [0.717, 1.165) is 16.9 Å². The summed E-state index contributed by atoms with van der Waals surface area (Å²) >= 11 is 0. The molecule has 2 rings (SSSR count). The number of rotatable bonds is 5. The molecule has 1 fully saturated rings. The number of ether oxygens (including phenoxy) is 1. The fourth-order valence-corrected chi connectivity index (χ4v) is 2.56. The Morgan fingerprint density at radius 2 is 2.23 bits per heavy atom. The molecule has 0 atom stereocenters. The Morgan fingerprint density at radius 3 is 2.91 bits per heavy atom. The van der Waals surface area contributed by atoms with Crippen LogP contribution in [-0.4, -0.2) is 62.0 Å². The van der Waals surface area contributed by atoms with Crippen LogP contribution in [0.2, 0.25) is 0 Å². The van der Waals surface area contributed by atoms with Crippen LogP contribution in [0.4, 0.5) is 0 Å². The highest BCUT2D eigenvalue weighted by Gasteiger charge is 2.22. The van der Waals surface area contributed by atoms with Gasteiger partial charge >= 0.3 is 0 Å². The molecule has 0 unspecified atom stereocenters. The van der Waals surface area contributed by atoms with Crippen molar-refractivity contribution >= 4 is 11.8 Å². The van der Waals surface area contributed by atoms with Gasteiger partial charge in [-0.2, -0.15) is 0 Å². The summed E-state index contributed by atoms with van der Waals surface area (Å²) < 4.78 is 5.36. The summed E-state index contributed by atoms with van der Waals surface area (Å²) in [6.45, 7) is 4.19. The standard InChI is InChI=1S/C16H23N3O3/c1-12-4-5-14(22-3)13(8-12)9-18(2)11-16(21)19-7-6-17-15(20)10-19/h4-5,8H,6-7,9-11H2,1-3H3,(H,17,20). The number of hydrogen-bond acceptors (Lipinski definition) is 4. The van der Waals surface area contributed by atoms with Crippen molar-refractivity contribution in [2.24, 2.45) is 0 Å². The Morgan fingerprint density at radius 1 is 1.45 bits per heavy atom. The summed E-state index contributed by atoms with van der Waals surface area (Å²) in [5, 5.41) is 2.72. The quantitative estimate of drug-likeness (QED) is 0.855. The molecular formula is C16H23N3O3. The molecule has 22 heavy (non-hydrogen) atoms. The first-order valence-corrected chi connectivity index (χ1v) is 7.36. The number of amides is 2. The largest absolute Gasteiger partial charge is 0.496 e.